The Kier molecular flexibility index (Phi) is 7.47. The Hall–Kier alpha value is -3.39. The molecule has 34 heavy (non-hydrogen) atoms. The monoisotopic (exact) mass is 466 g/mol. The Balaban J connectivity index is 1.35. The van der Waals surface area contributed by atoms with Gasteiger partial charge in [-0.15, -0.1) is 0 Å². The van der Waals surface area contributed by atoms with E-state index in [1.165, 1.54) is 16.7 Å². The molecule has 0 amide bonds. The average Bonchev–Trinajstić information content (AvgIpc) is 2.85. The molecule has 0 N–H and O–H groups in total. The second-order valence-corrected chi connectivity index (χ2v) is 8.66. The van der Waals surface area contributed by atoms with Crippen LogP contribution in [0.4, 0.5) is 10.1 Å². The lowest BCUT2D eigenvalue weighted by Crippen LogP contribution is -2.47. The molecule has 2 heterocycles. The summed E-state index contributed by atoms with van der Waals surface area (Å²) in [7, 11) is 1.55. The van der Waals surface area contributed by atoms with Crippen molar-refractivity contribution in [1.82, 2.24) is 14.0 Å². The van der Waals surface area contributed by atoms with Crippen molar-refractivity contribution in [2.75, 3.05) is 44.7 Å². The molecule has 8 heteroatoms. The van der Waals surface area contributed by atoms with Gasteiger partial charge in [0.25, 0.3) is 5.56 Å². The summed E-state index contributed by atoms with van der Waals surface area (Å²) in [5.74, 6) is 0.229. The van der Waals surface area contributed by atoms with Crippen molar-refractivity contribution < 1.29 is 9.13 Å². The summed E-state index contributed by atoms with van der Waals surface area (Å²) in [5.41, 5.74) is 1.99. The quantitative estimate of drug-likeness (QED) is 0.511. The number of hydrogen-bond donors (Lipinski definition) is 0. The van der Waals surface area contributed by atoms with Crippen molar-refractivity contribution >= 4 is 5.69 Å². The fraction of sp³-hybridized carbons (Fsp3) is 0.385. The van der Waals surface area contributed by atoms with E-state index in [9.17, 15) is 14.0 Å². The number of methoxy groups -OCH3 is 1. The maximum atomic E-state index is 13.5. The average molecular weight is 467 g/mol. The molecular formula is C26H31FN4O3. The van der Waals surface area contributed by atoms with Gasteiger partial charge in [0.05, 0.1) is 19.3 Å². The summed E-state index contributed by atoms with van der Waals surface area (Å²) in [6.07, 6.45) is 2.36. The molecule has 1 aliphatic rings. The van der Waals surface area contributed by atoms with E-state index in [-0.39, 0.29) is 17.1 Å². The molecule has 0 spiro atoms. The summed E-state index contributed by atoms with van der Waals surface area (Å²) in [4.78, 5) is 30.2. The van der Waals surface area contributed by atoms with Crippen LogP contribution < -0.4 is 20.9 Å². The first-order valence-corrected chi connectivity index (χ1v) is 11.6. The van der Waals surface area contributed by atoms with Crippen LogP contribution in [0, 0.1) is 12.7 Å². The van der Waals surface area contributed by atoms with E-state index < -0.39 is 0 Å². The van der Waals surface area contributed by atoms with Crippen molar-refractivity contribution in [2.24, 2.45) is 0 Å². The smallest absolute Gasteiger partial charge is 0.331 e. The minimum atomic E-state index is -0.312. The first-order valence-electron chi connectivity index (χ1n) is 11.6. The van der Waals surface area contributed by atoms with E-state index in [0.29, 0.717) is 30.8 Å². The molecule has 1 aromatic heterocycles. The van der Waals surface area contributed by atoms with Gasteiger partial charge in [-0.2, -0.15) is 0 Å². The van der Waals surface area contributed by atoms with Crippen LogP contribution in [0.5, 0.6) is 5.75 Å². The van der Waals surface area contributed by atoms with Gasteiger partial charge in [0.15, 0.2) is 0 Å². The Bertz CT molecular complexity index is 1230. The van der Waals surface area contributed by atoms with Gasteiger partial charge >= 0.3 is 5.69 Å². The standard InChI is InChI=1S/C26H31FN4O3/c1-20-18-30(19-21-7-4-3-5-8-21)26(33)31(25(20)32)12-6-11-28-13-15-29(16-14-28)23-10-9-22(27)17-24(23)34-2/h3-5,7-10,17-18H,6,11-16,19H2,1-2H3. The molecule has 0 aliphatic carbocycles. The van der Waals surface area contributed by atoms with Gasteiger partial charge in [-0.05, 0) is 37.6 Å². The fourth-order valence-corrected chi connectivity index (χ4v) is 4.47. The zero-order valence-electron chi connectivity index (χ0n) is 19.7. The van der Waals surface area contributed by atoms with Gasteiger partial charge in [0.1, 0.15) is 11.6 Å². The maximum absolute atomic E-state index is 13.5. The largest absolute Gasteiger partial charge is 0.494 e. The molecule has 1 saturated heterocycles. The lowest BCUT2D eigenvalue weighted by molar-refractivity contribution is 0.248. The van der Waals surface area contributed by atoms with Crippen LogP contribution in [0.3, 0.4) is 0 Å². The maximum Gasteiger partial charge on any atom is 0.331 e. The number of piperazine rings is 1. The predicted molar refractivity (Wildman–Crippen MR) is 131 cm³/mol. The highest BCUT2D eigenvalue weighted by Crippen LogP contribution is 2.29. The molecule has 0 atom stereocenters. The minimum Gasteiger partial charge on any atom is -0.494 e. The number of ether oxygens (including phenoxy) is 1. The molecule has 0 bridgehead atoms. The lowest BCUT2D eigenvalue weighted by atomic mass is 10.2. The predicted octanol–water partition coefficient (Wildman–Crippen LogP) is 2.73. The van der Waals surface area contributed by atoms with Crippen molar-refractivity contribution in [2.45, 2.75) is 26.4 Å². The van der Waals surface area contributed by atoms with Gasteiger partial charge in [-0.1, -0.05) is 30.3 Å². The van der Waals surface area contributed by atoms with Gasteiger partial charge in [0.2, 0.25) is 0 Å². The van der Waals surface area contributed by atoms with E-state index >= 15 is 0 Å². The molecule has 4 rings (SSSR count). The van der Waals surface area contributed by atoms with Gasteiger partial charge in [-0.25, -0.2) is 9.18 Å². The van der Waals surface area contributed by atoms with E-state index in [0.717, 1.165) is 44.0 Å². The number of halogens is 1. The molecular weight excluding hydrogens is 435 g/mol. The Morgan fingerprint density at radius 3 is 2.41 bits per heavy atom. The first kappa shape index (κ1) is 23.8. The summed E-state index contributed by atoms with van der Waals surface area (Å²) >= 11 is 0. The number of aryl methyl sites for hydroxylation is 1. The Morgan fingerprint density at radius 1 is 0.971 bits per heavy atom. The zero-order chi connectivity index (χ0) is 24.1. The van der Waals surface area contributed by atoms with Crippen LogP contribution in [-0.4, -0.2) is 53.9 Å². The van der Waals surface area contributed by atoms with Gasteiger partial charge < -0.3 is 9.64 Å². The Morgan fingerprint density at radius 2 is 1.71 bits per heavy atom. The second-order valence-electron chi connectivity index (χ2n) is 8.66. The highest BCUT2D eigenvalue weighted by atomic mass is 19.1. The molecule has 180 valence electrons. The molecule has 3 aromatic rings. The zero-order valence-corrected chi connectivity index (χ0v) is 19.7. The van der Waals surface area contributed by atoms with Crippen LogP contribution in [0.1, 0.15) is 17.5 Å². The third-order valence-electron chi connectivity index (χ3n) is 6.32. The van der Waals surface area contributed by atoms with Crippen molar-refractivity contribution in [3.05, 3.63) is 92.5 Å². The molecule has 1 fully saturated rings. The van der Waals surface area contributed by atoms with Gasteiger partial charge in [-0.3, -0.25) is 18.8 Å². The molecule has 2 aromatic carbocycles. The summed E-state index contributed by atoms with van der Waals surface area (Å²) in [6, 6.07) is 14.4. The highest BCUT2D eigenvalue weighted by Gasteiger charge is 2.20. The third-order valence-corrected chi connectivity index (χ3v) is 6.32. The van der Waals surface area contributed by atoms with E-state index in [4.69, 9.17) is 4.74 Å². The number of nitrogens with zero attached hydrogens (tertiary/aromatic N) is 4. The van der Waals surface area contributed by atoms with Crippen molar-refractivity contribution in [3.63, 3.8) is 0 Å². The summed E-state index contributed by atoms with van der Waals surface area (Å²) in [5, 5.41) is 0. The normalized spacial score (nSPS) is 14.4. The second kappa shape index (κ2) is 10.7. The fourth-order valence-electron chi connectivity index (χ4n) is 4.47. The van der Waals surface area contributed by atoms with Crippen molar-refractivity contribution in [3.8, 4) is 5.75 Å². The highest BCUT2D eigenvalue weighted by molar-refractivity contribution is 5.59. The van der Waals surface area contributed by atoms with Crippen LogP contribution in [0.25, 0.3) is 0 Å². The van der Waals surface area contributed by atoms with Crippen LogP contribution in [0.15, 0.2) is 64.3 Å². The van der Waals surface area contributed by atoms with E-state index in [2.05, 4.69) is 9.80 Å². The number of benzene rings is 2. The summed E-state index contributed by atoms with van der Waals surface area (Å²) in [6.45, 7) is 6.68. The molecule has 0 saturated carbocycles. The van der Waals surface area contributed by atoms with Crippen LogP contribution in [0.2, 0.25) is 0 Å². The lowest BCUT2D eigenvalue weighted by Gasteiger charge is -2.36. The molecule has 1 aliphatic heterocycles. The third kappa shape index (κ3) is 5.39. The first-order chi connectivity index (χ1) is 16.5. The molecule has 0 radical (unpaired) electrons. The number of anilines is 1. The molecule has 0 unspecified atom stereocenters. The van der Waals surface area contributed by atoms with Crippen molar-refractivity contribution in [1.29, 1.82) is 0 Å². The van der Waals surface area contributed by atoms with Gasteiger partial charge in [0, 0.05) is 50.6 Å². The van der Waals surface area contributed by atoms with Crippen LogP contribution in [-0.2, 0) is 13.1 Å². The minimum absolute atomic E-state index is 0.220. The number of hydrogen-bond acceptors (Lipinski definition) is 5. The molecule has 7 nitrogen and oxygen atoms in total. The number of rotatable bonds is 8. The summed E-state index contributed by atoms with van der Waals surface area (Å²) < 4.78 is 21.8. The SMILES string of the molecule is COc1cc(F)ccc1N1CCN(CCCn2c(=O)c(C)cn(Cc3ccccc3)c2=O)CC1. The van der Waals surface area contributed by atoms with E-state index in [1.54, 1.807) is 30.9 Å². The Labute approximate surface area is 198 Å². The number of aromatic nitrogens is 2. The van der Waals surface area contributed by atoms with Crippen LogP contribution >= 0.6 is 0 Å². The van der Waals surface area contributed by atoms with E-state index in [1.807, 2.05) is 30.3 Å². The topological polar surface area (TPSA) is 59.7 Å².